The lowest BCUT2D eigenvalue weighted by Gasteiger charge is -2.16. The van der Waals surface area contributed by atoms with Crippen LogP contribution in [0.15, 0.2) is 24.9 Å². The topological polar surface area (TPSA) is 139 Å². The second kappa shape index (κ2) is 6.18. The van der Waals surface area contributed by atoms with E-state index in [9.17, 15) is 14.7 Å². The summed E-state index contributed by atoms with van der Waals surface area (Å²) in [6, 6.07) is -2.05. The molecule has 0 radical (unpaired) electrons. The molecule has 0 aliphatic rings. The highest BCUT2D eigenvalue weighted by atomic mass is 16.4. The Morgan fingerprint density at radius 1 is 1.52 bits per heavy atom. The maximum absolute atomic E-state index is 12.0. The third kappa shape index (κ3) is 3.66. The van der Waals surface area contributed by atoms with Gasteiger partial charge in [-0.2, -0.15) is 5.10 Å². The van der Waals surface area contributed by atoms with Crippen LogP contribution in [-0.2, 0) is 23.1 Å². The highest BCUT2D eigenvalue weighted by molar-refractivity contribution is 5.87. The maximum Gasteiger partial charge on any atom is 0.326 e. The zero-order valence-electron chi connectivity index (χ0n) is 11.4. The van der Waals surface area contributed by atoms with E-state index in [0.717, 1.165) is 0 Å². The molecule has 112 valence electrons. The number of rotatable bonds is 6. The number of nitrogens with zero attached hydrogens (tertiary/aromatic N) is 3. The number of aryl methyl sites for hydroxylation is 1. The van der Waals surface area contributed by atoms with Crippen molar-refractivity contribution in [1.29, 1.82) is 0 Å². The monoisotopic (exact) mass is 292 g/mol. The van der Waals surface area contributed by atoms with Crippen LogP contribution in [0.4, 0.5) is 0 Å². The molecule has 5 N–H and O–H groups in total. The molecule has 9 nitrogen and oxygen atoms in total. The summed E-state index contributed by atoms with van der Waals surface area (Å²) in [7, 11) is 1.70. The quantitative estimate of drug-likeness (QED) is 0.536. The Balaban J connectivity index is 2.02. The van der Waals surface area contributed by atoms with E-state index in [1.807, 2.05) is 0 Å². The molecule has 0 fully saturated rings. The van der Waals surface area contributed by atoms with Gasteiger partial charge in [-0.05, 0) is 0 Å². The Morgan fingerprint density at radius 2 is 2.29 bits per heavy atom. The molecular formula is C12H16N6O3. The Kier molecular flexibility index (Phi) is 4.33. The van der Waals surface area contributed by atoms with Crippen LogP contribution in [0.3, 0.4) is 0 Å². The molecule has 9 heteroatoms. The predicted octanol–water partition coefficient (Wildman–Crippen LogP) is -1.04. The van der Waals surface area contributed by atoms with Crippen LogP contribution < -0.4 is 11.1 Å². The van der Waals surface area contributed by atoms with Crippen LogP contribution in [0.25, 0.3) is 0 Å². The third-order valence-corrected chi connectivity index (χ3v) is 2.96. The molecule has 0 aliphatic carbocycles. The van der Waals surface area contributed by atoms with Gasteiger partial charge < -0.3 is 21.1 Å². The van der Waals surface area contributed by atoms with Crippen molar-refractivity contribution >= 4 is 11.9 Å². The molecule has 0 spiro atoms. The summed E-state index contributed by atoms with van der Waals surface area (Å²) < 4.78 is 1.52. The number of nitrogens with one attached hydrogen (secondary N) is 2. The van der Waals surface area contributed by atoms with Crippen LogP contribution in [0.2, 0.25) is 0 Å². The number of aromatic amines is 1. The third-order valence-electron chi connectivity index (χ3n) is 2.96. The summed E-state index contributed by atoms with van der Waals surface area (Å²) in [5.41, 5.74) is 6.92. The molecule has 0 saturated heterocycles. The lowest BCUT2D eigenvalue weighted by molar-refractivity contribution is -0.142. The van der Waals surface area contributed by atoms with E-state index in [2.05, 4.69) is 20.4 Å². The molecule has 2 heterocycles. The largest absolute Gasteiger partial charge is 0.480 e. The van der Waals surface area contributed by atoms with E-state index in [4.69, 9.17) is 5.73 Å². The van der Waals surface area contributed by atoms with Crippen molar-refractivity contribution in [3.05, 3.63) is 36.2 Å². The molecule has 0 saturated carbocycles. The van der Waals surface area contributed by atoms with Crippen LogP contribution in [0.1, 0.15) is 17.3 Å². The Hall–Kier alpha value is -2.68. The van der Waals surface area contributed by atoms with Crippen molar-refractivity contribution in [2.45, 2.75) is 18.5 Å². The standard InChI is InChI=1S/C12H16N6O3/c1-18-5-7(3-16-18)10(13)11(19)17-9(12(20)21)2-8-4-14-6-15-8/h3-6,9-10H,2,13H2,1H3,(H,14,15)(H,17,19)(H,20,21). The fourth-order valence-electron chi connectivity index (χ4n) is 1.83. The zero-order chi connectivity index (χ0) is 15.4. The van der Waals surface area contributed by atoms with E-state index < -0.39 is 24.0 Å². The molecule has 0 aromatic carbocycles. The summed E-state index contributed by atoms with van der Waals surface area (Å²) in [6.45, 7) is 0. The lowest BCUT2D eigenvalue weighted by atomic mass is 10.1. The highest BCUT2D eigenvalue weighted by Gasteiger charge is 2.25. The molecule has 2 rings (SSSR count). The number of imidazole rings is 1. The number of carboxylic acids is 1. The molecular weight excluding hydrogens is 276 g/mol. The minimum absolute atomic E-state index is 0.0980. The normalized spacial score (nSPS) is 13.6. The van der Waals surface area contributed by atoms with Gasteiger partial charge in [0.25, 0.3) is 0 Å². The lowest BCUT2D eigenvalue weighted by Crippen LogP contribution is -2.46. The summed E-state index contributed by atoms with van der Waals surface area (Å²) in [5, 5.41) is 15.5. The SMILES string of the molecule is Cn1cc(C(N)C(=O)NC(Cc2cnc[nH]2)C(=O)O)cn1. The van der Waals surface area contributed by atoms with Gasteiger partial charge in [0.15, 0.2) is 0 Å². The van der Waals surface area contributed by atoms with E-state index in [1.165, 1.54) is 23.4 Å². The van der Waals surface area contributed by atoms with Crippen molar-refractivity contribution in [2.75, 3.05) is 0 Å². The first-order valence-electron chi connectivity index (χ1n) is 6.22. The van der Waals surface area contributed by atoms with E-state index in [-0.39, 0.29) is 6.42 Å². The minimum atomic E-state index is -1.14. The Morgan fingerprint density at radius 3 is 2.81 bits per heavy atom. The van der Waals surface area contributed by atoms with Gasteiger partial charge in [-0.1, -0.05) is 0 Å². The number of carboxylic acid groups (broad SMARTS) is 1. The van der Waals surface area contributed by atoms with Gasteiger partial charge in [0.05, 0.1) is 12.5 Å². The summed E-state index contributed by atoms with van der Waals surface area (Å²) in [4.78, 5) is 29.8. The van der Waals surface area contributed by atoms with Crippen LogP contribution in [0.5, 0.6) is 0 Å². The van der Waals surface area contributed by atoms with Gasteiger partial charge in [-0.25, -0.2) is 9.78 Å². The molecule has 2 aromatic rings. The maximum atomic E-state index is 12.0. The van der Waals surface area contributed by atoms with E-state index in [1.54, 1.807) is 13.2 Å². The Labute approximate surface area is 120 Å². The molecule has 21 heavy (non-hydrogen) atoms. The first kappa shape index (κ1) is 14.7. The second-order valence-corrected chi connectivity index (χ2v) is 4.61. The number of aromatic nitrogens is 4. The molecule has 2 unspecified atom stereocenters. The molecule has 2 atom stereocenters. The first-order chi connectivity index (χ1) is 9.97. The van der Waals surface area contributed by atoms with Gasteiger partial charge in [-0.3, -0.25) is 9.48 Å². The average molecular weight is 292 g/mol. The fraction of sp³-hybridized carbons (Fsp3) is 0.333. The van der Waals surface area contributed by atoms with Gasteiger partial charge in [0, 0.05) is 37.1 Å². The van der Waals surface area contributed by atoms with Gasteiger partial charge in [0.1, 0.15) is 12.1 Å². The van der Waals surface area contributed by atoms with Crippen molar-refractivity contribution < 1.29 is 14.7 Å². The predicted molar refractivity (Wildman–Crippen MR) is 72.0 cm³/mol. The number of hydrogen-bond donors (Lipinski definition) is 4. The highest BCUT2D eigenvalue weighted by Crippen LogP contribution is 2.09. The Bertz CT molecular complexity index is 621. The first-order valence-corrected chi connectivity index (χ1v) is 6.22. The summed E-state index contributed by atoms with van der Waals surface area (Å²) in [5.74, 6) is -1.72. The smallest absolute Gasteiger partial charge is 0.326 e. The van der Waals surface area contributed by atoms with Crippen molar-refractivity contribution in [2.24, 2.45) is 12.8 Å². The number of nitrogens with two attached hydrogens (primary N) is 1. The summed E-state index contributed by atoms with van der Waals surface area (Å²) in [6.07, 6.45) is 6.12. The number of hydrogen-bond acceptors (Lipinski definition) is 5. The van der Waals surface area contributed by atoms with Gasteiger partial charge in [0.2, 0.25) is 5.91 Å². The van der Waals surface area contributed by atoms with E-state index in [0.29, 0.717) is 11.3 Å². The van der Waals surface area contributed by atoms with Gasteiger partial charge in [-0.15, -0.1) is 0 Å². The molecule has 1 amide bonds. The average Bonchev–Trinajstić information content (AvgIpc) is 3.08. The number of amides is 1. The van der Waals surface area contributed by atoms with Crippen molar-refractivity contribution in [1.82, 2.24) is 25.1 Å². The number of carbonyl (C=O) groups is 2. The zero-order valence-corrected chi connectivity index (χ0v) is 11.4. The molecule has 0 aliphatic heterocycles. The number of H-pyrrole nitrogens is 1. The number of carbonyl (C=O) groups excluding carboxylic acids is 1. The minimum Gasteiger partial charge on any atom is -0.480 e. The van der Waals surface area contributed by atoms with Crippen LogP contribution >= 0.6 is 0 Å². The van der Waals surface area contributed by atoms with Crippen molar-refractivity contribution in [3.63, 3.8) is 0 Å². The summed E-state index contributed by atoms with van der Waals surface area (Å²) >= 11 is 0. The van der Waals surface area contributed by atoms with Crippen molar-refractivity contribution in [3.8, 4) is 0 Å². The van der Waals surface area contributed by atoms with Crippen LogP contribution in [0, 0.1) is 0 Å². The van der Waals surface area contributed by atoms with Crippen LogP contribution in [-0.4, -0.2) is 42.8 Å². The van der Waals surface area contributed by atoms with E-state index >= 15 is 0 Å². The molecule has 2 aromatic heterocycles. The second-order valence-electron chi connectivity index (χ2n) is 4.61. The van der Waals surface area contributed by atoms with Gasteiger partial charge >= 0.3 is 5.97 Å². The number of aliphatic carboxylic acids is 1. The fourth-order valence-corrected chi connectivity index (χ4v) is 1.83. The molecule has 0 bridgehead atoms.